The lowest BCUT2D eigenvalue weighted by molar-refractivity contribution is -0.139. The van der Waals surface area contributed by atoms with Gasteiger partial charge in [0.1, 0.15) is 24.2 Å². The highest BCUT2D eigenvalue weighted by molar-refractivity contribution is 7.92. The van der Waals surface area contributed by atoms with Crippen LogP contribution in [0.25, 0.3) is 0 Å². The molecule has 0 unspecified atom stereocenters. The Bertz CT molecular complexity index is 1470. The van der Waals surface area contributed by atoms with Crippen molar-refractivity contribution in [2.24, 2.45) is 5.92 Å². The summed E-state index contributed by atoms with van der Waals surface area (Å²) in [6.45, 7) is 5.12. The average molecular weight is 625 g/mol. The number of nitrogens with zero attached hydrogens (tertiary/aromatic N) is 2. The number of hydrogen-bond donors (Lipinski definition) is 1. The minimum Gasteiger partial charge on any atom is -0.497 e. The number of anilines is 1. The molecule has 1 atom stereocenters. The van der Waals surface area contributed by atoms with Crippen LogP contribution in [0, 0.1) is 11.7 Å². The fourth-order valence-corrected chi connectivity index (χ4v) is 5.62. The number of methoxy groups -OCH3 is 1. The second kappa shape index (κ2) is 14.0. The van der Waals surface area contributed by atoms with Gasteiger partial charge in [-0.05, 0) is 79.1 Å². The standard InChI is InChI=1S/C29H32Cl2FN3O5S/c1-19(2)16-33-29(37)20(3)34(17-21-5-14-26(30)27(31)15-21)28(36)18-35(23-8-6-22(32)7-9-23)41(38,39)25-12-10-24(40-4)11-13-25/h5-15,19-20H,16-18H2,1-4H3,(H,33,37)/t20-/m1/s1. The van der Waals surface area contributed by atoms with Gasteiger partial charge < -0.3 is 15.0 Å². The van der Waals surface area contributed by atoms with Crippen LogP contribution in [0.1, 0.15) is 26.3 Å². The molecule has 8 nitrogen and oxygen atoms in total. The van der Waals surface area contributed by atoms with Crippen molar-refractivity contribution in [3.8, 4) is 5.75 Å². The molecule has 0 radical (unpaired) electrons. The highest BCUT2D eigenvalue weighted by atomic mass is 35.5. The van der Waals surface area contributed by atoms with Crippen LogP contribution in [-0.2, 0) is 26.2 Å². The molecule has 41 heavy (non-hydrogen) atoms. The number of benzene rings is 3. The Morgan fingerprint density at radius 1 is 0.951 bits per heavy atom. The van der Waals surface area contributed by atoms with Gasteiger partial charge in [-0.3, -0.25) is 13.9 Å². The van der Waals surface area contributed by atoms with Gasteiger partial charge >= 0.3 is 0 Å². The topological polar surface area (TPSA) is 96.0 Å². The summed E-state index contributed by atoms with van der Waals surface area (Å²) in [5, 5.41) is 3.41. The molecule has 0 aliphatic carbocycles. The molecule has 12 heteroatoms. The van der Waals surface area contributed by atoms with Gasteiger partial charge in [0.05, 0.1) is 27.7 Å². The first kappa shape index (κ1) is 32.2. The zero-order valence-electron chi connectivity index (χ0n) is 23.1. The van der Waals surface area contributed by atoms with Gasteiger partial charge in [0.15, 0.2) is 0 Å². The van der Waals surface area contributed by atoms with Gasteiger partial charge in [-0.2, -0.15) is 0 Å². The molecule has 0 spiro atoms. The van der Waals surface area contributed by atoms with Crippen LogP contribution in [0.15, 0.2) is 71.6 Å². The summed E-state index contributed by atoms with van der Waals surface area (Å²) in [6.07, 6.45) is 0. The van der Waals surface area contributed by atoms with Crippen molar-refractivity contribution < 1.29 is 27.1 Å². The van der Waals surface area contributed by atoms with Crippen LogP contribution in [0.5, 0.6) is 5.75 Å². The van der Waals surface area contributed by atoms with Crippen molar-refractivity contribution in [2.45, 2.75) is 38.3 Å². The minimum absolute atomic E-state index is 0.0498. The number of nitrogens with one attached hydrogen (secondary N) is 1. The summed E-state index contributed by atoms with van der Waals surface area (Å²) in [6, 6.07) is 14.3. The van der Waals surface area contributed by atoms with Gasteiger partial charge in [-0.25, -0.2) is 12.8 Å². The van der Waals surface area contributed by atoms with Crippen molar-refractivity contribution in [1.29, 1.82) is 0 Å². The predicted octanol–water partition coefficient (Wildman–Crippen LogP) is 5.53. The zero-order chi connectivity index (χ0) is 30.3. The third kappa shape index (κ3) is 8.34. The van der Waals surface area contributed by atoms with E-state index in [4.69, 9.17) is 27.9 Å². The number of carbonyl (C=O) groups excluding carboxylic acids is 2. The van der Waals surface area contributed by atoms with Crippen LogP contribution >= 0.6 is 23.2 Å². The molecule has 2 amide bonds. The number of carbonyl (C=O) groups is 2. The zero-order valence-corrected chi connectivity index (χ0v) is 25.4. The van der Waals surface area contributed by atoms with Crippen LogP contribution in [0.4, 0.5) is 10.1 Å². The molecule has 0 saturated carbocycles. The Hall–Kier alpha value is -3.34. The maximum absolute atomic E-state index is 13.9. The molecule has 3 rings (SSSR count). The van der Waals surface area contributed by atoms with E-state index in [2.05, 4.69) is 5.32 Å². The summed E-state index contributed by atoms with van der Waals surface area (Å²) >= 11 is 12.2. The maximum atomic E-state index is 13.9. The molecule has 3 aromatic carbocycles. The molecule has 220 valence electrons. The molecule has 0 heterocycles. The molecule has 0 aliphatic rings. The van der Waals surface area contributed by atoms with E-state index in [0.29, 0.717) is 22.9 Å². The van der Waals surface area contributed by atoms with E-state index in [1.807, 2.05) is 13.8 Å². The predicted molar refractivity (Wildman–Crippen MR) is 158 cm³/mol. The van der Waals surface area contributed by atoms with Gasteiger partial charge in [0, 0.05) is 13.1 Å². The summed E-state index contributed by atoms with van der Waals surface area (Å²) in [5.41, 5.74) is 0.657. The molecule has 0 aliphatic heterocycles. The Morgan fingerprint density at radius 3 is 2.15 bits per heavy atom. The molecule has 0 bridgehead atoms. The second-order valence-corrected chi connectivity index (χ2v) is 12.4. The third-order valence-corrected chi connectivity index (χ3v) is 8.76. The Morgan fingerprint density at radius 2 is 1.59 bits per heavy atom. The van der Waals surface area contributed by atoms with E-state index in [1.54, 1.807) is 25.1 Å². The molecular formula is C29H32Cl2FN3O5S. The summed E-state index contributed by atoms with van der Waals surface area (Å²) < 4.78 is 47.4. The summed E-state index contributed by atoms with van der Waals surface area (Å²) in [5.74, 6) is -1.02. The van der Waals surface area contributed by atoms with E-state index < -0.39 is 40.2 Å². The lowest BCUT2D eigenvalue weighted by Gasteiger charge is -2.32. The largest absolute Gasteiger partial charge is 0.497 e. The third-order valence-electron chi connectivity index (χ3n) is 6.23. The van der Waals surface area contributed by atoms with E-state index in [9.17, 15) is 22.4 Å². The van der Waals surface area contributed by atoms with E-state index in [0.717, 1.165) is 16.4 Å². The molecule has 0 aromatic heterocycles. The summed E-state index contributed by atoms with van der Waals surface area (Å²) in [4.78, 5) is 28.1. The summed E-state index contributed by atoms with van der Waals surface area (Å²) in [7, 11) is -2.85. The fourth-order valence-electron chi connectivity index (χ4n) is 3.88. The van der Waals surface area contributed by atoms with Crippen molar-refractivity contribution in [1.82, 2.24) is 10.2 Å². The lowest BCUT2D eigenvalue weighted by atomic mass is 10.1. The first-order chi connectivity index (χ1) is 19.3. The Balaban J connectivity index is 2.02. The highest BCUT2D eigenvalue weighted by Crippen LogP contribution is 2.27. The number of ether oxygens (including phenoxy) is 1. The number of sulfonamides is 1. The molecule has 3 aromatic rings. The van der Waals surface area contributed by atoms with E-state index in [1.165, 1.54) is 48.4 Å². The van der Waals surface area contributed by atoms with Crippen LogP contribution < -0.4 is 14.4 Å². The Labute approximate surface area is 250 Å². The number of halogens is 3. The molecule has 1 N–H and O–H groups in total. The lowest BCUT2D eigenvalue weighted by Crippen LogP contribution is -2.51. The van der Waals surface area contributed by atoms with Crippen LogP contribution in [0.2, 0.25) is 10.0 Å². The van der Waals surface area contributed by atoms with Crippen molar-refractivity contribution in [3.63, 3.8) is 0 Å². The van der Waals surface area contributed by atoms with Gasteiger partial charge in [0.25, 0.3) is 10.0 Å². The quantitative estimate of drug-likeness (QED) is 0.286. The molecular weight excluding hydrogens is 592 g/mol. The highest BCUT2D eigenvalue weighted by Gasteiger charge is 2.32. The normalized spacial score (nSPS) is 12.1. The second-order valence-electron chi connectivity index (χ2n) is 9.75. The van der Waals surface area contributed by atoms with Crippen LogP contribution in [0.3, 0.4) is 0 Å². The Kier molecular flexibility index (Phi) is 11.0. The SMILES string of the molecule is COc1ccc(S(=O)(=O)N(CC(=O)N(Cc2ccc(Cl)c(Cl)c2)[C@H](C)C(=O)NCC(C)C)c2ccc(F)cc2)cc1. The van der Waals surface area contributed by atoms with E-state index >= 15 is 0 Å². The number of rotatable bonds is 12. The van der Waals surface area contributed by atoms with Crippen molar-refractivity contribution in [3.05, 3.63) is 88.2 Å². The minimum atomic E-state index is -4.30. The van der Waals surface area contributed by atoms with Crippen molar-refractivity contribution in [2.75, 3.05) is 24.5 Å². The first-order valence-electron chi connectivity index (χ1n) is 12.8. The smallest absolute Gasteiger partial charge is 0.264 e. The fraction of sp³-hybridized carbons (Fsp3) is 0.310. The molecule has 0 saturated heterocycles. The van der Waals surface area contributed by atoms with E-state index in [-0.39, 0.29) is 28.1 Å². The van der Waals surface area contributed by atoms with Crippen molar-refractivity contribution >= 4 is 50.7 Å². The van der Waals surface area contributed by atoms with Gasteiger partial charge in [0.2, 0.25) is 11.8 Å². The maximum Gasteiger partial charge on any atom is 0.264 e. The van der Waals surface area contributed by atoms with Crippen LogP contribution in [-0.4, -0.2) is 51.4 Å². The number of hydrogen-bond acceptors (Lipinski definition) is 5. The molecule has 0 fully saturated rings. The average Bonchev–Trinajstić information content (AvgIpc) is 2.95. The number of amides is 2. The van der Waals surface area contributed by atoms with Gasteiger partial charge in [-0.15, -0.1) is 0 Å². The monoisotopic (exact) mass is 623 g/mol. The van der Waals surface area contributed by atoms with Gasteiger partial charge in [-0.1, -0.05) is 43.1 Å². The first-order valence-corrected chi connectivity index (χ1v) is 15.0.